The highest BCUT2D eigenvalue weighted by Gasteiger charge is 2.28. The molecule has 1 N–H and O–H groups in total. The van der Waals surface area contributed by atoms with Crippen LogP contribution in [0.4, 0.5) is 5.69 Å². The van der Waals surface area contributed by atoms with Crippen LogP contribution in [-0.4, -0.2) is 19.3 Å². The normalized spacial score (nSPS) is 25.3. The molecule has 0 saturated heterocycles. The maximum absolute atomic E-state index is 5.24. The minimum absolute atomic E-state index is 0.100. The van der Waals surface area contributed by atoms with E-state index >= 15 is 0 Å². The smallest absolute Gasteiger partial charge is 0.0690 e. The second kappa shape index (κ2) is 3.62. The van der Waals surface area contributed by atoms with Gasteiger partial charge in [-0.25, -0.2) is 0 Å². The van der Waals surface area contributed by atoms with Gasteiger partial charge in [0.1, 0.15) is 0 Å². The summed E-state index contributed by atoms with van der Waals surface area (Å²) in [6.45, 7) is 2.98. The van der Waals surface area contributed by atoms with Gasteiger partial charge in [-0.15, -0.1) is 0 Å². The molecule has 0 aromatic heterocycles. The lowest BCUT2D eigenvalue weighted by Gasteiger charge is -2.36. The number of methoxy groups -OCH3 is 1. The molecule has 1 aromatic carbocycles. The van der Waals surface area contributed by atoms with E-state index in [0.717, 1.165) is 19.4 Å². The molecule has 1 aromatic rings. The average Bonchev–Trinajstić information content (AvgIpc) is 2.17. The van der Waals surface area contributed by atoms with Gasteiger partial charge in [0.05, 0.1) is 12.1 Å². The van der Waals surface area contributed by atoms with E-state index in [1.165, 1.54) is 11.3 Å². The van der Waals surface area contributed by atoms with Crippen molar-refractivity contribution in [3.05, 3.63) is 29.8 Å². The number of anilines is 1. The molecule has 0 saturated carbocycles. The number of ether oxygens (including phenoxy) is 1. The molecule has 1 aliphatic heterocycles. The standard InChI is InChI=1S/C12H17NO/c1-12(9-14-2)8-7-10-5-3-4-6-11(10)13-12/h3-6,13H,7-9H2,1-2H3. The summed E-state index contributed by atoms with van der Waals surface area (Å²) in [5.41, 5.74) is 2.78. The first-order valence-corrected chi connectivity index (χ1v) is 5.08. The fourth-order valence-corrected chi connectivity index (χ4v) is 2.09. The van der Waals surface area contributed by atoms with Gasteiger partial charge >= 0.3 is 0 Å². The fourth-order valence-electron chi connectivity index (χ4n) is 2.09. The monoisotopic (exact) mass is 191 g/mol. The maximum Gasteiger partial charge on any atom is 0.0690 e. The van der Waals surface area contributed by atoms with Crippen molar-refractivity contribution in [2.24, 2.45) is 0 Å². The molecular formula is C12H17NO. The minimum atomic E-state index is 0.100. The molecule has 0 fully saturated rings. The van der Waals surface area contributed by atoms with E-state index in [-0.39, 0.29) is 5.54 Å². The quantitative estimate of drug-likeness (QED) is 0.775. The third-order valence-corrected chi connectivity index (χ3v) is 2.86. The summed E-state index contributed by atoms with van der Waals surface area (Å²) in [5, 5.41) is 3.55. The van der Waals surface area contributed by atoms with Crippen LogP contribution in [0.1, 0.15) is 18.9 Å². The van der Waals surface area contributed by atoms with Crippen molar-refractivity contribution in [3.8, 4) is 0 Å². The molecule has 1 unspecified atom stereocenters. The number of fused-ring (bicyclic) bond motifs is 1. The van der Waals surface area contributed by atoms with E-state index < -0.39 is 0 Å². The van der Waals surface area contributed by atoms with Crippen molar-refractivity contribution in [1.82, 2.24) is 0 Å². The van der Waals surface area contributed by atoms with Crippen LogP contribution in [0.25, 0.3) is 0 Å². The first-order valence-electron chi connectivity index (χ1n) is 5.08. The van der Waals surface area contributed by atoms with Crippen molar-refractivity contribution in [3.63, 3.8) is 0 Å². The third kappa shape index (κ3) is 1.75. The SMILES string of the molecule is COCC1(C)CCc2ccccc2N1. The predicted octanol–water partition coefficient (Wildman–Crippen LogP) is 2.45. The Bertz CT molecular complexity index is 324. The number of rotatable bonds is 2. The van der Waals surface area contributed by atoms with E-state index in [2.05, 4.69) is 36.5 Å². The van der Waals surface area contributed by atoms with E-state index in [9.17, 15) is 0 Å². The molecule has 1 atom stereocenters. The van der Waals surface area contributed by atoms with Crippen molar-refractivity contribution in [2.45, 2.75) is 25.3 Å². The van der Waals surface area contributed by atoms with Crippen LogP contribution in [0.3, 0.4) is 0 Å². The van der Waals surface area contributed by atoms with E-state index in [0.29, 0.717) is 0 Å². The number of hydrogen-bond acceptors (Lipinski definition) is 2. The van der Waals surface area contributed by atoms with Crippen LogP contribution in [0, 0.1) is 0 Å². The van der Waals surface area contributed by atoms with Gasteiger partial charge in [-0.1, -0.05) is 18.2 Å². The maximum atomic E-state index is 5.24. The van der Waals surface area contributed by atoms with Gasteiger partial charge in [0.2, 0.25) is 0 Å². The van der Waals surface area contributed by atoms with Gasteiger partial charge in [-0.2, -0.15) is 0 Å². The van der Waals surface area contributed by atoms with Gasteiger partial charge in [0, 0.05) is 12.8 Å². The van der Waals surface area contributed by atoms with Crippen LogP contribution in [0.2, 0.25) is 0 Å². The molecule has 0 bridgehead atoms. The van der Waals surface area contributed by atoms with Gasteiger partial charge in [-0.3, -0.25) is 0 Å². The van der Waals surface area contributed by atoms with Gasteiger partial charge < -0.3 is 10.1 Å². The lowest BCUT2D eigenvalue weighted by Crippen LogP contribution is -2.42. The lowest BCUT2D eigenvalue weighted by molar-refractivity contribution is 0.144. The van der Waals surface area contributed by atoms with E-state index in [1.54, 1.807) is 7.11 Å². The molecular weight excluding hydrogens is 174 g/mol. The highest BCUT2D eigenvalue weighted by molar-refractivity contribution is 5.55. The summed E-state index contributed by atoms with van der Waals surface area (Å²) in [7, 11) is 1.76. The van der Waals surface area contributed by atoms with Crippen molar-refractivity contribution in [1.29, 1.82) is 0 Å². The van der Waals surface area contributed by atoms with Crippen molar-refractivity contribution >= 4 is 5.69 Å². The van der Waals surface area contributed by atoms with E-state index in [4.69, 9.17) is 4.74 Å². The molecule has 2 heteroatoms. The molecule has 0 aliphatic carbocycles. The molecule has 76 valence electrons. The Morgan fingerprint density at radius 1 is 1.43 bits per heavy atom. The molecule has 0 amide bonds. The summed E-state index contributed by atoms with van der Waals surface area (Å²) in [6, 6.07) is 8.50. The van der Waals surface area contributed by atoms with Crippen LogP contribution in [0.5, 0.6) is 0 Å². The third-order valence-electron chi connectivity index (χ3n) is 2.86. The molecule has 2 nitrogen and oxygen atoms in total. The number of aryl methyl sites for hydroxylation is 1. The Morgan fingerprint density at radius 3 is 3.00 bits per heavy atom. The first-order chi connectivity index (χ1) is 6.73. The Hall–Kier alpha value is -1.02. The number of para-hydroxylation sites is 1. The van der Waals surface area contributed by atoms with Crippen LogP contribution in [-0.2, 0) is 11.2 Å². The number of nitrogens with one attached hydrogen (secondary N) is 1. The summed E-state index contributed by atoms with van der Waals surface area (Å²) < 4.78 is 5.24. The number of hydrogen-bond donors (Lipinski definition) is 1. The second-order valence-electron chi connectivity index (χ2n) is 4.28. The van der Waals surface area contributed by atoms with Crippen molar-refractivity contribution < 1.29 is 4.74 Å². The lowest BCUT2D eigenvalue weighted by atomic mass is 9.88. The summed E-state index contributed by atoms with van der Waals surface area (Å²) in [4.78, 5) is 0. The highest BCUT2D eigenvalue weighted by Crippen LogP contribution is 2.30. The summed E-state index contributed by atoms with van der Waals surface area (Å²) in [5.74, 6) is 0. The molecule has 2 rings (SSSR count). The zero-order chi connectivity index (χ0) is 10.0. The Kier molecular flexibility index (Phi) is 2.46. The molecule has 14 heavy (non-hydrogen) atoms. The average molecular weight is 191 g/mol. The Balaban J connectivity index is 2.20. The zero-order valence-corrected chi connectivity index (χ0v) is 8.84. The van der Waals surface area contributed by atoms with Crippen LogP contribution >= 0.6 is 0 Å². The summed E-state index contributed by atoms with van der Waals surface area (Å²) in [6.07, 6.45) is 2.28. The summed E-state index contributed by atoms with van der Waals surface area (Å²) >= 11 is 0. The zero-order valence-electron chi connectivity index (χ0n) is 8.84. The van der Waals surface area contributed by atoms with Crippen LogP contribution in [0.15, 0.2) is 24.3 Å². The van der Waals surface area contributed by atoms with Crippen molar-refractivity contribution in [2.75, 3.05) is 19.0 Å². The predicted molar refractivity (Wildman–Crippen MR) is 58.7 cm³/mol. The largest absolute Gasteiger partial charge is 0.382 e. The molecule has 1 aliphatic rings. The van der Waals surface area contributed by atoms with Gasteiger partial charge in [-0.05, 0) is 31.4 Å². The second-order valence-corrected chi connectivity index (χ2v) is 4.28. The van der Waals surface area contributed by atoms with Gasteiger partial charge in [0.25, 0.3) is 0 Å². The minimum Gasteiger partial charge on any atom is -0.382 e. The van der Waals surface area contributed by atoms with Gasteiger partial charge in [0.15, 0.2) is 0 Å². The molecule has 0 radical (unpaired) electrons. The first kappa shape index (κ1) is 9.53. The topological polar surface area (TPSA) is 21.3 Å². The van der Waals surface area contributed by atoms with Crippen LogP contribution < -0.4 is 5.32 Å². The molecule has 1 heterocycles. The molecule has 0 spiro atoms. The fraction of sp³-hybridized carbons (Fsp3) is 0.500. The number of benzene rings is 1. The highest BCUT2D eigenvalue weighted by atomic mass is 16.5. The Morgan fingerprint density at radius 2 is 2.21 bits per heavy atom. The van der Waals surface area contributed by atoms with E-state index in [1.807, 2.05) is 0 Å². The Labute approximate surface area is 85.3 Å².